The number of pyridine rings is 1. The molecule has 1 N–H and O–H groups in total. The average Bonchev–Trinajstić information content (AvgIpc) is 2.99. The molecule has 0 spiro atoms. The van der Waals surface area contributed by atoms with Crippen molar-refractivity contribution in [2.45, 2.75) is 59.3 Å². The van der Waals surface area contributed by atoms with E-state index in [1.807, 2.05) is 18.7 Å². The Morgan fingerprint density at radius 2 is 1.88 bits per heavy atom. The molecule has 1 fully saturated rings. The second-order valence-corrected chi connectivity index (χ2v) is 9.20. The SMILES string of the molecule is CCN(CC1CCC1)c1nc2c(cc1CNCc1cc(C)cc(C(F)(F)F)c1)c(C)nn2C. The van der Waals surface area contributed by atoms with Gasteiger partial charge in [-0.15, -0.1) is 0 Å². The molecule has 178 valence electrons. The minimum atomic E-state index is -4.34. The van der Waals surface area contributed by atoms with Crippen LogP contribution in [0.5, 0.6) is 0 Å². The number of benzene rings is 1. The van der Waals surface area contributed by atoms with Crippen molar-refractivity contribution in [1.29, 1.82) is 0 Å². The van der Waals surface area contributed by atoms with Crippen LogP contribution in [0.4, 0.5) is 19.0 Å². The van der Waals surface area contributed by atoms with Gasteiger partial charge >= 0.3 is 6.18 Å². The normalized spacial score (nSPS) is 14.6. The van der Waals surface area contributed by atoms with E-state index in [2.05, 4.69) is 28.3 Å². The number of halogens is 3. The quantitative estimate of drug-likeness (QED) is 0.482. The number of anilines is 1. The second kappa shape index (κ2) is 9.33. The van der Waals surface area contributed by atoms with Crippen molar-refractivity contribution in [3.8, 4) is 0 Å². The zero-order chi connectivity index (χ0) is 23.8. The summed E-state index contributed by atoms with van der Waals surface area (Å²) in [6.45, 7) is 8.50. The molecule has 0 unspecified atom stereocenters. The number of hydrogen-bond acceptors (Lipinski definition) is 4. The predicted octanol–water partition coefficient (Wildman–Crippen LogP) is 5.52. The zero-order valence-electron chi connectivity index (χ0n) is 19.8. The molecule has 0 aliphatic heterocycles. The molecule has 3 aromatic rings. The molecule has 8 heteroatoms. The lowest BCUT2D eigenvalue weighted by molar-refractivity contribution is -0.137. The van der Waals surface area contributed by atoms with E-state index in [1.165, 1.54) is 31.4 Å². The summed E-state index contributed by atoms with van der Waals surface area (Å²) in [7, 11) is 1.90. The lowest BCUT2D eigenvalue weighted by atomic mass is 9.85. The summed E-state index contributed by atoms with van der Waals surface area (Å²) >= 11 is 0. The lowest BCUT2D eigenvalue weighted by Crippen LogP contribution is -2.34. The number of fused-ring (bicyclic) bond motifs is 1. The molecule has 1 aliphatic carbocycles. The van der Waals surface area contributed by atoms with Gasteiger partial charge in [0.2, 0.25) is 0 Å². The van der Waals surface area contributed by atoms with Gasteiger partial charge in [-0.1, -0.05) is 18.1 Å². The molecular weight excluding hydrogens is 427 g/mol. The van der Waals surface area contributed by atoms with Gasteiger partial charge in [0, 0.05) is 44.2 Å². The van der Waals surface area contributed by atoms with Gasteiger partial charge in [0.15, 0.2) is 5.65 Å². The Hall–Kier alpha value is -2.61. The topological polar surface area (TPSA) is 46.0 Å². The number of nitrogens with one attached hydrogen (secondary N) is 1. The van der Waals surface area contributed by atoms with Crippen LogP contribution in [0.25, 0.3) is 11.0 Å². The highest BCUT2D eigenvalue weighted by Crippen LogP contribution is 2.32. The van der Waals surface area contributed by atoms with Gasteiger partial charge in [0.1, 0.15) is 5.82 Å². The maximum Gasteiger partial charge on any atom is 0.416 e. The molecule has 4 rings (SSSR count). The van der Waals surface area contributed by atoms with E-state index in [0.717, 1.165) is 41.2 Å². The summed E-state index contributed by atoms with van der Waals surface area (Å²) in [5.41, 5.74) is 3.44. The number of hydrogen-bond donors (Lipinski definition) is 1. The van der Waals surface area contributed by atoms with Gasteiger partial charge in [-0.3, -0.25) is 4.68 Å². The smallest absolute Gasteiger partial charge is 0.356 e. The lowest BCUT2D eigenvalue weighted by Gasteiger charge is -2.33. The third-order valence-corrected chi connectivity index (χ3v) is 6.55. The Kier molecular flexibility index (Phi) is 6.66. The van der Waals surface area contributed by atoms with Crippen molar-refractivity contribution in [2.24, 2.45) is 13.0 Å². The predicted molar refractivity (Wildman–Crippen MR) is 125 cm³/mol. The molecular formula is C25H32F3N5. The van der Waals surface area contributed by atoms with Crippen LogP contribution in [-0.2, 0) is 26.3 Å². The largest absolute Gasteiger partial charge is 0.416 e. The van der Waals surface area contributed by atoms with Crippen LogP contribution in [0.2, 0.25) is 0 Å². The number of alkyl halides is 3. The highest BCUT2D eigenvalue weighted by Gasteiger charge is 2.31. The number of aromatic nitrogens is 3. The highest BCUT2D eigenvalue weighted by atomic mass is 19.4. The van der Waals surface area contributed by atoms with Gasteiger partial charge in [-0.2, -0.15) is 18.3 Å². The van der Waals surface area contributed by atoms with Crippen LogP contribution in [0.1, 0.15) is 54.1 Å². The van der Waals surface area contributed by atoms with Gasteiger partial charge in [0.05, 0.1) is 11.3 Å². The average molecular weight is 460 g/mol. The van der Waals surface area contributed by atoms with Crippen LogP contribution in [0.3, 0.4) is 0 Å². The molecule has 0 amide bonds. The molecule has 0 bridgehead atoms. The Morgan fingerprint density at radius 1 is 1.12 bits per heavy atom. The van der Waals surface area contributed by atoms with E-state index >= 15 is 0 Å². The minimum absolute atomic E-state index is 0.350. The Morgan fingerprint density at radius 3 is 2.52 bits per heavy atom. The van der Waals surface area contributed by atoms with Crippen molar-refractivity contribution >= 4 is 16.9 Å². The number of nitrogens with zero attached hydrogens (tertiary/aromatic N) is 4. The first-order valence-electron chi connectivity index (χ1n) is 11.6. The van der Waals surface area contributed by atoms with E-state index < -0.39 is 11.7 Å². The standard InChI is InChI=1S/C25H32F3N5/c1-5-33(15-18-7-6-8-18)23-20(12-22-17(3)31-32(4)24(22)30-23)14-29-13-19-9-16(2)10-21(11-19)25(26,27)28/h9-12,18,29H,5-8,13-15H2,1-4H3. The van der Waals surface area contributed by atoms with E-state index in [-0.39, 0.29) is 0 Å². The molecule has 1 aromatic carbocycles. The molecule has 33 heavy (non-hydrogen) atoms. The molecule has 2 aromatic heterocycles. The fourth-order valence-corrected chi connectivity index (χ4v) is 4.60. The van der Waals surface area contributed by atoms with Crippen molar-refractivity contribution < 1.29 is 13.2 Å². The van der Waals surface area contributed by atoms with Gasteiger partial charge < -0.3 is 10.2 Å². The van der Waals surface area contributed by atoms with E-state index in [9.17, 15) is 13.2 Å². The van der Waals surface area contributed by atoms with Crippen molar-refractivity contribution in [3.05, 3.63) is 52.2 Å². The summed E-state index contributed by atoms with van der Waals surface area (Å²) < 4.78 is 41.4. The molecule has 1 saturated carbocycles. The van der Waals surface area contributed by atoms with Crippen molar-refractivity contribution in [3.63, 3.8) is 0 Å². The van der Waals surface area contributed by atoms with Crippen LogP contribution < -0.4 is 10.2 Å². The second-order valence-electron chi connectivity index (χ2n) is 9.20. The molecule has 2 heterocycles. The molecule has 1 aliphatic rings. The monoisotopic (exact) mass is 459 g/mol. The summed E-state index contributed by atoms with van der Waals surface area (Å²) in [6.07, 6.45) is -0.539. The third-order valence-electron chi connectivity index (χ3n) is 6.55. The van der Waals surface area contributed by atoms with Crippen LogP contribution >= 0.6 is 0 Å². The third kappa shape index (κ3) is 5.16. The fraction of sp³-hybridized carbons (Fsp3) is 0.520. The minimum Gasteiger partial charge on any atom is -0.356 e. The molecule has 0 saturated heterocycles. The highest BCUT2D eigenvalue weighted by molar-refractivity contribution is 5.81. The van der Waals surface area contributed by atoms with Crippen molar-refractivity contribution in [2.75, 3.05) is 18.0 Å². The zero-order valence-corrected chi connectivity index (χ0v) is 19.8. The van der Waals surface area contributed by atoms with E-state index in [4.69, 9.17) is 4.98 Å². The van der Waals surface area contributed by atoms with Gasteiger partial charge in [-0.05, 0) is 63.3 Å². The van der Waals surface area contributed by atoms with Crippen LogP contribution in [0.15, 0.2) is 24.3 Å². The molecule has 0 radical (unpaired) electrons. The molecule has 5 nitrogen and oxygen atoms in total. The number of aryl methyl sites for hydroxylation is 3. The summed E-state index contributed by atoms with van der Waals surface area (Å²) in [4.78, 5) is 7.33. The van der Waals surface area contributed by atoms with Gasteiger partial charge in [0.25, 0.3) is 0 Å². The van der Waals surface area contributed by atoms with Gasteiger partial charge in [-0.25, -0.2) is 4.98 Å². The Labute approximate surface area is 193 Å². The summed E-state index contributed by atoms with van der Waals surface area (Å²) in [6, 6.07) is 6.34. The fourth-order valence-electron chi connectivity index (χ4n) is 4.60. The van der Waals surface area contributed by atoms with Crippen LogP contribution in [-0.4, -0.2) is 27.9 Å². The first kappa shape index (κ1) is 23.5. The summed E-state index contributed by atoms with van der Waals surface area (Å²) in [5.74, 6) is 1.64. The Balaban J connectivity index is 1.59. The van der Waals surface area contributed by atoms with E-state index in [1.54, 1.807) is 13.0 Å². The van der Waals surface area contributed by atoms with E-state index in [0.29, 0.717) is 30.1 Å². The summed E-state index contributed by atoms with van der Waals surface area (Å²) in [5, 5.41) is 8.89. The molecule has 0 atom stereocenters. The number of rotatable bonds is 8. The first-order chi connectivity index (χ1) is 15.7. The maximum absolute atomic E-state index is 13.2. The maximum atomic E-state index is 13.2. The first-order valence-corrected chi connectivity index (χ1v) is 11.6. The Bertz CT molecular complexity index is 1130. The van der Waals surface area contributed by atoms with Crippen LogP contribution in [0, 0.1) is 19.8 Å². The van der Waals surface area contributed by atoms with Crippen molar-refractivity contribution in [1.82, 2.24) is 20.1 Å².